The standard InChI is InChI=1S/C32H59N11.Au/c33-21-13-20-22(24(35)23(21)34)32-42-30-19-12-6-5-11-18(19)28(40-30)38-26-15-8-2-1-7-14(15)25(36-26)37-27-16-9-3-4-10-17(16)29(39-27)41-31(20)43-32;/h14-32,36-43H,1-13,33-35H2;. The van der Waals surface area contributed by atoms with Crippen LogP contribution < -0.4 is 59.7 Å². The van der Waals surface area contributed by atoms with Crippen LogP contribution in [0.15, 0.2) is 0 Å². The molecule has 8 bridgehead atoms. The van der Waals surface area contributed by atoms with Gasteiger partial charge in [-0.15, -0.1) is 0 Å². The number of hydrogen-bond donors (Lipinski definition) is 11. The first kappa shape index (κ1) is 31.6. The van der Waals surface area contributed by atoms with Crippen molar-refractivity contribution in [2.24, 2.45) is 64.5 Å². The van der Waals surface area contributed by atoms with Crippen molar-refractivity contribution in [1.29, 1.82) is 0 Å². The second-order valence-electron chi connectivity index (χ2n) is 16.3. The Morgan fingerprint density at radius 3 is 0.932 bits per heavy atom. The van der Waals surface area contributed by atoms with Crippen LogP contribution in [-0.2, 0) is 22.4 Å². The summed E-state index contributed by atoms with van der Waals surface area (Å²) in [5.74, 6) is 4.57. The van der Waals surface area contributed by atoms with Crippen LogP contribution in [0.3, 0.4) is 0 Å². The van der Waals surface area contributed by atoms with Crippen molar-refractivity contribution < 1.29 is 22.4 Å². The minimum Gasteiger partial charge on any atom is -0.326 e. The van der Waals surface area contributed by atoms with Crippen molar-refractivity contribution in [1.82, 2.24) is 42.5 Å². The van der Waals surface area contributed by atoms with Crippen LogP contribution >= 0.6 is 0 Å². The third-order valence-corrected chi connectivity index (χ3v) is 14.3. The van der Waals surface area contributed by atoms with E-state index in [-0.39, 0.29) is 71.1 Å². The van der Waals surface area contributed by atoms with E-state index in [0.29, 0.717) is 66.1 Å². The Kier molecular flexibility index (Phi) is 9.06. The Balaban J connectivity index is 0.00000289. The summed E-state index contributed by atoms with van der Waals surface area (Å²) in [6.07, 6.45) is 19.1. The van der Waals surface area contributed by atoms with E-state index in [0.717, 1.165) is 6.42 Å². The summed E-state index contributed by atoms with van der Waals surface area (Å²) >= 11 is 0. The predicted molar refractivity (Wildman–Crippen MR) is 167 cm³/mol. The fraction of sp³-hybridized carbons (Fsp3) is 1.00. The molecule has 5 saturated heterocycles. The van der Waals surface area contributed by atoms with E-state index in [9.17, 15) is 0 Å². The molecule has 19 unspecified atom stereocenters. The van der Waals surface area contributed by atoms with Gasteiger partial charge in [0.25, 0.3) is 0 Å². The molecule has 0 spiro atoms. The van der Waals surface area contributed by atoms with Crippen LogP contribution in [0.5, 0.6) is 0 Å². The summed E-state index contributed by atoms with van der Waals surface area (Å²) in [6.45, 7) is 0. The first-order valence-corrected chi connectivity index (χ1v) is 18.4. The Morgan fingerprint density at radius 1 is 0.341 bits per heavy atom. The van der Waals surface area contributed by atoms with Gasteiger partial charge < -0.3 is 17.2 Å². The molecular weight excluding hydrogens is 735 g/mol. The van der Waals surface area contributed by atoms with E-state index in [2.05, 4.69) is 42.5 Å². The zero-order valence-electron chi connectivity index (χ0n) is 26.2. The second-order valence-corrected chi connectivity index (χ2v) is 16.3. The molecule has 0 aromatic heterocycles. The SMILES string of the molecule is NC1CC2C3NC4NC(NC5NC(NC6NC(NC(N3)C2C(N)C1N)C1CCCCC61)C1CCCCC51)C1CCCCC41.[Au]. The summed E-state index contributed by atoms with van der Waals surface area (Å²) < 4.78 is 0. The molecule has 9 fully saturated rings. The van der Waals surface area contributed by atoms with Gasteiger partial charge in [-0.2, -0.15) is 0 Å². The molecule has 1 radical (unpaired) electrons. The van der Waals surface area contributed by atoms with E-state index < -0.39 is 0 Å². The maximum absolute atomic E-state index is 6.98. The quantitative estimate of drug-likeness (QED) is 0.142. The van der Waals surface area contributed by atoms with E-state index in [1.807, 2.05) is 0 Å². The van der Waals surface area contributed by atoms with Crippen LogP contribution in [0.2, 0.25) is 0 Å². The van der Waals surface area contributed by atoms with Crippen molar-refractivity contribution in [3.05, 3.63) is 0 Å². The normalized spacial score (nSPS) is 58.3. The van der Waals surface area contributed by atoms with Gasteiger partial charge in [-0.25, -0.2) is 0 Å². The largest absolute Gasteiger partial charge is 0.326 e. The fourth-order valence-electron chi connectivity index (χ4n) is 12.2. The number of hydrogen-bond acceptors (Lipinski definition) is 11. The van der Waals surface area contributed by atoms with E-state index >= 15 is 0 Å². The summed E-state index contributed by atoms with van der Waals surface area (Å²) in [5.41, 5.74) is 20.3. The Bertz CT molecular complexity index is 1020. The molecule has 0 aromatic carbocycles. The number of fused-ring (bicyclic) bond motifs is 20. The molecule has 9 rings (SSSR count). The first-order chi connectivity index (χ1) is 21.0. The van der Waals surface area contributed by atoms with Crippen molar-refractivity contribution in [2.45, 2.75) is 151 Å². The number of rotatable bonds is 0. The zero-order valence-corrected chi connectivity index (χ0v) is 28.4. The molecular formula is C32H59AuN11. The van der Waals surface area contributed by atoms with Crippen LogP contribution in [0.4, 0.5) is 0 Å². The van der Waals surface area contributed by atoms with Gasteiger partial charge in [0.2, 0.25) is 0 Å². The van der Waals surface area contributed by atoms with Crippen molar-refractivity contribution in [2.75, 3.05) is 0 Å². The van der Waals surface area contributed by atoms with Gasteiger partial charge in [0.05, 0.1) is 49.3 Å². The molecule has 0 aromatic rings. The monoisotopic (exact) mass is 794 g/mol. The predicted octanol–water partition coefficient (Wildman–Crippen LogP) is -0.585. The van der Waals surface area contributed by atoms with Gasteiger partial charge in [-0.05, 0) is 86.4 Å². The van der Waals surface area contributed by atoms with Gasteiger partial charge in [-0.1, -0.05) is 38.5 Å². The average Bonchev–Trinajstić information content (AvgIpc) is 3.75. The molecule has 44 heavy (non-hydrogen) atoms. The van der Waals surface area contributed by atoms with E-state index in [1.54, 1.807) is 0 Å². The summed E-state index contributed by atoms with van der Waals surface area (Å²) in [5, 5.41) is 33.2. The van der Waals surface area contributed by atoms with Crippen molar-refractivity contribution >= 4 is 0 Å². The molecule has 12 heteroatoms. The van der Waals surface area contributed by atoms with Crippen LogP contribution in [0.25, 0.3) is 0 Å². The summed E-state index contributed by atoms with van der Waals surface area (Å²) in [6, 6.07) is -0.351. The minimum absolute atomic E-state index is 0. The molecule has 5 aliphatic heterocycles. The maximum atomic E-state index is 6.98. The summed E-state index contributed by atoms with van der Waals surface area (Å²) in [7, 11) is 0. The third kappa shape index (κ3) is 5.24. The van der Waals surface area contributed by atoms with Crippen molar-refractivity contribution in [3.63, 3.8) is 0 Å². The molecule has 19 atom stereocenters. The zero-order chi connectivity index (χ0) is 28.8. The average molecular weight is 795 g/mol. The third-order valence-electron chi connectivity index (χ3n) is 14.3. The Labute approximate surface area is 279 Å². The first-order valence-electron chi connectivity index (χ1n) is 18.4. The van der Waals surface area contributed by atoms with Crippen LogP contribution in [-0.4, -0.2) is 67.5 Å². The van der Waals surface area contributed by atoms with E-state index in [4.69, 9.17) is 17.2 Å². The van der Waals surface area contributed by atoms with Gasteiger partial charge in [0.15, 0.2) is 0 Å². The molecule has 253 valence electrons. The Morgan fingerprint density at radius 2 is 0.614 bits per heavy atom. The molecule has 5 heterocycles. The molecule has 9 aliphatic rings. The van der Waals surface area contributed by atoms with Crippen LogP contribution in [0, 0.1) is 47.3 Å². The van der Waals surface area contributed by atoms with E-state index in [1.165, 1.54) is 77.0 Å². The van der Waals surface area contributed by atoms with Gasteiger partial charge >= 0.3 is 0 Å². The number of nitrogens with two attached hydrogens (primary N) is 3. The van der Waals surface area contributed by atoms with Gasteiger partial charge in [0.1, 0.15) is 0 Å². The Hall–Kier alpha value is 0.300. The summed E-state index contributed by atoms with van der Waals surface area (Å²) in [4.78, 5) is 0. The van der Waals surface area contributed by atoms with Crippen LogP contribution in [0.1, 0.15) is 83.5 Å². The smallest absolute Gasteiger partial charge is 0.0644 e. The van der Waals surface area contributed by atoms with Gasteiger partial charge in [0, 0.05) is 46.4 Å². The molecule has 0 amide bonds. The molecule has 4 aliphatic carbocycles. The molecule has 14 N–H and O–H groups in total. The maximum Gasteiger partial charge on any atom is 0.0644 e. The topological polar surface area (TPSA) is 174 Å². The minimum atomic E-state index is -0.167. The number of nitrogens with one attached hydrogen (secondary N) is 8. The van der Waals surface area contributed by atoms with Crippen molar-refractivity contribution in [3.8, 4) is 0 Å². The van der Waals surface area contributed by atoms with Gasteiger partial charge in [-0.3, -0.25) is 42.5 Å². The molecule has 4 saturated carbocycles. The second kappa shape index (κ2) is 12.6. The molecule has 11 nitrogen and oxygen atoms in total. The fourth-order valence-corrected chi connectivity index (χ4v) is 12.2.